The van der Waals surface area contributed by atoms with E-state index in [4.69, 9.17) is 0 Å². The van der Waals surface area contributed by atoms with Crippen molar-refractivity contribution >= 4 is 17.6 Å². The molecule has 136 valence electrons. The van der Waals surface area contributed by atoms with E-state index < -0.39 is 12.1 Å². The zero-order valence-corrected chi connectivity index (χ0v) is 14.8. The van der Waals surface area contributed by atoms with Gasteiger partial charge < -0.3 is 10.6 Å². The van der Waals surface area contributed by atoms with Crippen LogP contribution in [0.25, 0.3) is 0 Å². The van der Waals surface area contributed by atoms with Gasteiger partial charge in [-0.05, 0) is 24.1 Å². The number of anilines is 1. The Balaban J connectivity index is 1.73. The number of imide groups is 1. The average molecular weight is 352 g/mol. The van der Waals surface area contributed by atoms with Crippen molar-refractivity contribution in [1.29, 1.82) is 0 Å². The minimum Gasteiger partial charge on any atom is -0.381 e. The summed E-state index contributed by atoms with van der Waals surface area (Å²) in [6, 6.07) is 18.9. The Bertz CT molecular complexity index is 736. The number of benzene rings is 2. The summed E-state index contributed by atoms with van der Waals surface area (Å²) in [4.78, 5) is 26.5. The molecule has 0 aromatic heterocycles. The quantitative estimate of drug-likeness (QED) is 0.772. The number of nitrogens with one attached hydrogen (secondary N) is 3. The van der Waals surface area contributed by atoms with Gasteiger partial charge in [-0.25, -0.2) is 4.79 Å². The number of carbonyl (C=O) groups is 2. The number of para-hydroxylation sites is 1. The molecular formula is C20H24N4O2. The number of likely N-dealkylation sites (tertiary alicyclic amines) is 1. The van der Waals surface area contributed by atoms with Gasteiger partial charge in [0.05, 0.1) is 0 Å². The second-order valence-corrected chi connectivity index (χ2v) is 6.37. The van der Waals surface area contributed by atoms with Gasteiger partial charge in [0.25, 0.3) is 0 Å². The third-order valence-electron chi connectivity index (χ3n) is 4.56. The second-order valence-electron chi connectivity index (χ2n) is 6.37. The molecule has 2 unspecified atom stereocenters. The average Bonchev–Trinajstić information content (AvgIpc) is 3.11. The fraction of sp³-hybridized carbons (Fsp3) is 0.300. The maximum absolute atomic E-state index is 12.7. The van der Waals surface area contributed by atoms with Gasteiger partial charge in [-0.3, -0.25) is 15.0 Å². The molecule has 3 rings (SSSR count). The first-order valence-electron chi connectivity index (χ1n) is 8.80. The van der Waals surface area contributed by atoms with E-state index in [0.29, 0.717) is 0 Å². The van der Waals surface area contributed by atoms with E-state index >= 15 is 0 Å². The summed E-state index contributed by atoms with van der Waals surface area (Å²) in [5.74, 6) is -0.309. The number of rotatable bonds is 5. The number of carbonyl (C=O) groups excluding carboxylic acids is 2. The molecule has 1 aliphatic heterocycles. The Morgan fingerprint density at radius 3 is 2.35 bits per heavy atom. The summed E-state index contributed by atoms with van der Waals surface area (Å²) >= 11 is 0. The summed E-state index contributed by atoms with van der Waals surface area (Å²) in [6.07, 6.45) is 0.936. The van der Waals surface area contributed by atoms with Crippen LogP contribution in [0.1, 0.15) is 18.0 Å². The number of amides is 3. The van der Waals surface area contributed by atoms with Gasteiger partial charge in [-0.1, -0.05) is 48.5 Å². The lowest BCUT2D eigenvalue weighted by Crippen LogP contribution is -2.45. The van der Waals surface area contributed by atoms with E-state index in [9.17, 15) is 9.59 Å². The van der Waals surface area contributed by atoms with Crippen LogP contribution in [0.2, 0.25) is 0 Å². The molecule has 0 spiro atoms. The van der Waals surface area contributed by atoms with Crippen LogP contribution in [0.5, 0.6) is 0 Å². The van der Waals surface area contributed by atoms with Crippen molar-refractivity contribution in [2.45, 2.75) is 18.5 Å². The number of nitrogens with zero attached hydrogens (tertiary/aromatic N) is 1. The lowest BCUT2D eigenvalue weighted by atomic mass is 10.0. The highest BCUT2D eigenvalue weighted by molar-refractivity contribution is 5.97. The Hall–Kier alpha value is -2.86. The van der Waals surface area contributed by atoms with Gasteiger partial charge in [-0.2, -0.15) is 0 Å². The predicted molar refractivity (Wildman–Crippen MR) is 102 cm³/mol. The van der Waals surface area contributed by atoms with Gasteiger partial charge in [0.15, 0.2) is 0 Å². The third-order valence-corrected chi connectivity index (χ3v) is 4.56. The molecule has 0 saturated carbocycles. The molecule has 3 amide bonds. The summed E-state index contributed by atoms with van der Waals surface area (Å²) in [5.41, 5.74) is 1.96. The molecule has 6 heteroatoms. The van der Waals surface area contributed by atoms with E-state index in [1.54, 1.807) is 0 Å². The molecule has 1 saturated heterocycles. The molecule has 2 aromatic carbocycles. The predicted octanol–water partition coefficient (Wildman–Crippen LogP) is 2.37. The van der Waals surface area contributed by atoms with Crippen LogP contribution >= 0.6 is 0 Å². The molecule has 1 heterocycles. The van der Waals surface area contributed by atoms with Gasteiger partial charge in [0.1, 0.15) is 6.04 Å². The molecule has 1 fully saturated rings. The first kappa shape index (κ1) is 17.9. The van der Waals surface area contributed by atoms with Crippen LogP contribution in [0.3, 0.4) is 0 Å². The first-order valence-corrected chi connectivity index (χ1v) is 8.80. The number of hydrogen-bond acceptors (Lipinski definition) is 4. The third kappa shape index (κ3) is 4.40. The van der Waals surface area contributed by atoms with Crippen LogP contribution < -0.4 is 16.0 Å². The van der Waals surface area contributed by atoms with Crippen LogP contribution in [0.15, 0.2) is 60.7 Å². The molecule has 0 bridgehead atoms. The van der Waals surface area contributed by atoms with Crippen molar-refractivity contribution in [3.05, 3.63) is 66.2 Å². The van der Waals surface area contributed by atoms with Crippen molar-refractivity contribution in [2.24, 2.45) is 0 Å². The lowest BCUT2D eigenvalue weighted by Gasteiger charge is -2.27. The largest absolute Gasteiger partial charge is 0.381 e. The van der Waals surface area contributed by atoms with E-state index in [2.05, 4.69) is 20.9 Å². The Morgan fingerprint density at radius 2 is 1.69 bits per heavy atom. The van der Waals surface area contributed by atoms with Gasteiger partial charge in [0.2, 0.25) is 5.91 Å². The molecule has 2 aromatic rings. The summed E-state index contributed by atoms with van der Waals surface area (Å²) in [5, 5.41) is 8.37. The topological polar surface area (TPSA) is 73.5 Å². The van der Waals surface area contributed by atoms with E-state index in [0.717, 1.165) is 30.8 Å². The van der Waals surface area contributed by atoms with Crippen molar-refractivity contribution in [2.75, 3.05) is 25.5 Å². The highest BCUT2D eigenvalue weighted by atomic mass is 16.2. The molecule has 26 heavy (non-hydrogen) atoms. The van der Waals surface area contributed by atoms with Gasteiger partial charge in [0, 0.05) is 31.9 Å². The second kappa shape index (κ2) is 8.49. The highest BCUT2D eigenvalue weighted by Gasteiger charge is 2.34. The van der Waals surface area contributed by atoms with E-state index in [1.807, 2.05) is 60.7 Å². The number of urea groups is 1. The normalized spacial score (nSPS) is 18.1. The SMILES string of the molecule is CNC(=O)NC(=O)C(c1ccccc1)N1CCC(Nc2ccccc2)C1. The smallest absolute Gasteiger partial charge is 0.321 e. The zero-order valence-electron chi connectivity index (χ0n) is 14.8. The Kier molecular flexibility index (Phi) is 5.86. The van der Waals surface area contributed by atoms with Crippen molar-refractivity contribution in [3.8, 4) is 0 Å². The highest BCUT2D eigenvalue weighted by Crippen LogP contribution is 2.27. The van der Waals surface area contributed by atoms with E-state index in [1.165, 1.54) is 7.05 Å². The molecule has 3 N–H and O–H groups in total. The fourth-order valence-electron chi connectivity index (χ4n) is 3.32. The first-order chi connectivity index (χ1) is 12.7. The van der Waals surface area contributed by atoms with Gasteiger partial charge >= 0.3 is 6.03 Å². The Morgan fingerprint density at radius 1 is 1.04 bits per heavy atom. The maximum Gasteiger partial charge on any atom is 0.321 e. The van der Waals surface area contributed by atoms with Crippen molar-refractivity contribution in [3.63, 3.8) is 0 Å². The monoisotopic (exact) mass is 352 g/mol. The maximum atomic E-state index is 12.7. The van der Waals surface area contributed by atoms with Crippen LogP contribution in [-0.2, 0) is 4.79 Å². The van der Waals surface area contributed by atoms with Crippen LogP contribution in [0, 0.1) is 0 Å². The summed E-state index contributed by atoms with van der Waals surface area (Å²) in [6.45, 7) is 1.51. The fourth-order valence-corrected chi connectivity index (χ4v) is 3.32. The lowest BCUT2D eigenvalue weighted by molar-refractivity contribution is -0.125. The molecule has 1 aliphatic rings. The standard InChI is InChI=1S/C20H24N4O2/c1-21-20(26)23-19(25)18(15-8-4-2-5-9-15)24-13-12-17(14-24)22-16-10-6-3-7-11-16/h2-11,17-18,22H,12-14H2,1H3,(H2,21,23,25,26). The van der Waals surface area contributed by atoms with Crippen molar-refractivity contribution in [1.82, 2.24) is 15.5 Å². The minimum atomic E-state index is -0.492. The van der Waals surface area contributed by atoms with Gasteiger partial charge in [-0.15, -0.1) is 0 Å². The van der Waals surface area contributed by atoms with Crippen molar-refractivity contribution < 1.29 is 9.59 Å². The van der Waals surface area contributed by atoms with Crippen LogP contribution in [-0.4, -0.2) is 43.0 Å². The molecule has 2 atom stereocenters. The molecule has 0 radical (unpaired) electrons. The number of hydrogen-bond donors (Lipinski definition) is 3. The molecular weight excluding hydrogens is 328 g/mol. The summed E-state index contributed by atoms with van der Waals surface area (Å²) in [7, 11) is 1.50. The molecule has 6 nitrogen and oxygen atoms in total. The minimum absolute atomic E-state index is 0.261. The van der Waals surface area contributed by atoms with Crippen LogP contribution in [0.4, 0.5) is 10.5 Å². The Labute approximate surface area is 153 Å². The summed E-state index contributed by atoms with van der Waals surface area (Å²) < 4.78 is 0. The molecule has 0 aliphatic carbocycles. The van der Waals surface area contributed by atoms with E-state index in [-0.39, 0.29) is 11.9 Å². The zero-order chi connectivity index (χ0) is 18.4.